The maximum absolute atomic E-state index is 12.8. The van der Waals surface area contributed by atoms with E-state index in [-0.39, 0.29) is 24.1 Å². The number of ketones is 1. The maximum atomic E-state index is 12.8. The number of hydrogen-bond donors (Lipinski definition) is 0. The number of carbonyl (C=O) groups is 1. The zero-order chi connectivity index (χ0) is 21.5. The van der Waals surface area contributed by atoms with Crippen LogP contribution in [0.4, 0.5) is 0 Å². The van der Waals surface area contributed by atoms with Crippen LogP contribution in [0.5, 0.6) is 0 Å². The Kier molecular flexibility index (Phi) is 4.67. The summed E-state index contributed by atoms with van der Waals surface area (Å²) in [6.07, 6.45) is 0. The normalized spacial score (nSPS) is 11.3. The predicted molar refractivity (Wildman–Crippen MR) is 114 cm³/mol. The molecule has 0 atom stereocenters. The number of halogens is 1. The van der Waals surface area contributed by atoms with Crippen molar-refractivity contribution < 1.29 is 18.0 Å². The van der Waals surface area contributed by atoms with Crippen molar-refractivity contribution in [3.05, 3.63) is 92.4 Å². The van der Waals surface area contributed by atoms with Crippen molar-refractivity contribution in [2.45, 2.75) is 13.5 Å². The minimum atomic E-state index is -0.588. The average Bonchev–Trinajstić information content (AvgIpc) is 3.47. The molecule has 0 radical (unpaired) electrons. The Hall–Kier alpha value is -3.72. The average molecular weight is 480 g/mol. The van der Waals surface area contributed by atoms with Crippen LogP contribution >= 0.6 is 15.9 Å². The fraction of sp³-hybridized carbons (Fsp3) is 0.0909. The molecule has 0 aliphatic rings. The van der Waals surface area contributed by atoms with Crippen molar-refractivity contribution in [2.24, 2.45) is 0 Å². The summed E-state index contributed by atoms with van der Waals surface area (Å²) in [5, 5.41) is 7.91. The molecule has 0 spiro atoms. The summed E-state index contributed by atoms with van der Waals surface area (Å²) in [6, 6.07) is 15.6. The smallest absolute Gasteiger partial charge is 0.420 e. The van der Waals surface area contributed by atoms with Gasteiger partial charge in [0.25, 0.3) is 5.89 Å². The second-order valence-electron chi connectivity index (χ2n) is 6.94. The molecule has 3 aromatic heterocycles. The molecule has 0 bridgehead atoms. The van der Waals surface area contributed by atoms with E-state index in [2.05, 4.69) is 26.1 Å². The molecule has 8 nitrogen and oxygen atoms in total. The van der Waals surface area contributed by atoms with Gasteiger partial charge in [0.15, 0.2) is 21.8 Å². The van der Waals surface area contributed by atoms with Crippen LogP contribution in [-0.2, 0) is 6.54 Å². The summed E-state index contributed by atoms with van der Waals surface area (Å²) in [7, 11) is 0. The third kappa shape index (κ3) is 3.64. The number of oxazole rings is 1. The zero-order valence-electron chi connectivity index (χ0n) is 16.2. The van der Waals surface area contributed by atoms with Gasteiger partial charge in [-0.2, -0.15) is 0 Å². The molecule has 5 aromatic rings. The van der Waals surface area contributed by atoms with Gasteiger partial charge >= 0.3 is 5.76 Å². The molecular formula is C22H14BrN3O5. The van der Waals surface area contributed by atoms with Crippen LogP contribution in [0.1, 0.15) is 27.4 Å². The largest absolute Gasteiger partial charge is 0.444 e. The van der Waals surface area contributed by atoms with Gasteiger partial charge in [-0.3, -0.25) is 9.36 Å². The van der Waals surface area contributed by atoms with E-state index in [1.807, 2.05) is 19.1 Å². The molecule has 0 unspecified atom stereocenters. The number of furan rings is 1. The van der Waals surface area contributed by atoms with Crippen LogP contribution in [0.25, 0.3) is 22.8 Å². The number of benzene rings is 2. The SMILES string of the molecule is Cc1ccc(C(=O)c2ccc3c(c2)oc(=O)n3Cc2nnc(-c3ccc(Br)o3)o2)cc1. The summed E-state index contributed by atoms with van der Waals surface area (Å²) in [6.45, 7) is 1.98. The molecule has 3 heterocycles. The standard InChI is InChI=1S/C22H14BrN3O5/c1-12-2-4-13(5-3-12)20(27)14-6-7-15-17(10-14)30-22(28)26(15)11-19-24-25-21(31-19)16-8-9-18(23)29-16/h2-10H,11H2,1H3. The molecule has 0 saturated heterocycles. The number of hydrogen-bond acceptors (Lipinski definition) is 7. The Morgan fingerprint density at radius 3 is 2.48 bits per heavy atom. The molecule has 31 heavy (non-hydrogen) atoms. The van der Waals surface area contributed by atoms with Gasteiger partial charge in [-0.05, 0) is 53.2 Å². The number of aromatic nitrogens is 3. The van der Waals surface area contributed by atoms with Crippen LogP contribution in [0.3, 0.4) is 0 Å². The van der Waals surface area contributed by atoms with Gasteiger partial charge in [0.1, 0.15) is 6.54 Å². The van der Waals surface area contributed by atoms with E-state index in [1.54, 1.807) is 42.5 Å². The summed E-state index contributed by atoms with van der Waals surface area (Å²) in [4.78, 5) is 25.2. The van der Waals surface area contributed by atoms with E-state index in [1.165, 1.54) is 4.57 Å². The monoisotopic (exact) mass is 479 g/mol. The first-order valence-electron chi connectivity index (χ1n) is 9.31. The minimum Gasteiger partial charge on any atom is -0.444 e. The number of fused-ring (bicyclic) bond motifs is 1. The number of nitrogens with zero attached hydrogens (tertiary/aromatic N) is 3. The van der Waals surface area contributed by atoms with E-state index in [9.17, 15) is 9.59 Å². The van der Waals surface area contributed by atoms with Crippen molar-refractivity contribution in [2.75, 3.05) is 0 Å². The second kappa shape index (κ2) is 7.51. The number of aryl methyl sites for hydroxylation is 1. The predicted octanol–water partition coefficient (Wildman–Crippen LogP) is 4.59. The van der Waals surface area contributed by atoms with Gasteiger partial charge in [-0.25, -0.2) is 4.79 Å². The number of carbonyl (C=O) groups excluding carboxylic acids is 1. The molecular weight excluding hydrogens is 466 g/mol. The van der Waals surface area contributed by atoms with E-state index < -0.39 is 5.76 Å². The Labute approximate surface area is 183 Å². The van der Waals surface area contributed by atoms with Crippen LogP contribution in [0, 0.1) is 6.92 Å². The molecule has 5 rings (SSSR count). The van der Waals surface area contributed by atoms with E-state index >= 15 is 0 Å². The van der Waals surface area contributed by atoms with Crippen molar-refractivity contribution in [1.82, 2.24) is 14.8 Å². The van der Waals surface area contributed by atoms with Gasteiger partial charge in [0.05, 0.1) is 5.52 Å². The highest BCUT2D eigenvalue weighted by Crippen LogP contribution is 2.24. The molecule has 0 saturated carbocycles. The maximum Gasteiger partial charge on any atom is 0.420 e. The zero-order valence-corrected chi connectivity index (χ0v) is 17.8. The van der Waals surface area contributed by atoms with Gasteiger partial charge in [-0.15, -0.1) is 10.2 Å². The Morgan fingerprint density at radius 1 is 0.968 bits per heavy atom. The van der Waals surface area contributed by atoms with E-state index in [4.69, 9.17) is 13.3 Å². The quantitative estimate of drug-likeness (QED) is 0.339. The number of rotatable bonds is 5. The lowest BCUT2D eigenvalue weighted by Crippen LogP contribution is -2.15. The second-order valence-corrected chi connectivity index (χ2v) is 7.72. The molecule has 0 N–H and O–H groups in total. The first-order chi connectivity index (χ1) is 15.0. The molecule has 154 valence electrons. The van der Waals surface area contributed by atoms with Crippen LogP contribution in [0.2, 0.25) is 0 Å². The Morgan fingerprint density at radius 2 is 1.74 bits per heavy atom. The molecule has 0 amide bonds. The molecule has 9 heteroatoms. The Bertz CT molecular complexity index is 1470. The van der Waals surface area contributed by atoms with Gasteiger partial charge in [0, 0.05) is 11.1 Å². The molecule has 0 aliphatic heterocycles. The summed E-state index contributed by atoms with van der Waals surface area (Å²) in [5.74, 6) is 0.0906. The van der Waals surface area contributed by atoms with Gasteiger partial charge in [-0.1, -0.05) is 29.8 Å². The highest BCUT2D eigenvalue weighted by molar-refractivity contribution is 9.10. The summed E-state index contributed by atoms with van der Waals surface area (Å²) in [5.41, 5.74) is 2.89. The molecule has 0 fully saturated rings. The fourth-order valence-corrected chi connectivity index (χ4v) is 3.52. The highest BCUT2D eigenvalue weighted by Gasteiger charge is 2.18. The first-order valence-corrected chi connectivity index (χ1v) is 10.1. The van der Waals surface area contributed by atoms with Crippen LogP contribution in [-0.4, -0.2) is 20.5 Å². The Balaban J connectivity index is 1.45. The first kappa shape index (κ1) is 19.3. The third-order valence-electron chi connectivity index (χ3n) is 4.79. The van der Waals surface area contributed by atoms with E-state index in [0.717, 1.165) is 5.56 Å². The van der Waals surface area contributed by atoms with E-state index in [0.29, 0.717) is 32.7 Å². The lowest BCUT2D eigenvalue weighted by molar-refractivity contribution is 0.103. The highest BCUT2D eigenvalue weighted by atomic mass is 79.9. The lowest BCUT2D eigenvalue weighted by Gasteiger charge is -2.03. The summed E-state index contributed by atoms with van der Waals surface area (Å²) < 4.78 is 18.2. The topological polar surface area (TPSA) is 104 Å². The lowest BCUT2D eigenvalue weighted by atomic mass is 10.0. The van der Waals surface area contributed by atoms with Gasteiger partial charge in [0.2, 0.25) is 5.89 Å². The fourth-order valence-electron chi connectivity index (χ4n) is 3.21. The van der Waals surface area contributed by atoms with Crippen LogP contribution < -0.4 is 5.76 Å². The van der Waals surface area contributed by atoms with Crippen molar-refractivity contribution >= 4 is 32.8 Å². The molecule has 2 aromatic carbocycles. The van der Waals surface area contributed by atoms with Crippen molar-refractivity contribution in [1.29, 1.82) is 0 Å². The van der Waals surface area contributed by atoms with Crippen molar-refractivity contribution in [3.8, 4) is 11.7 Å². The van der Waals surface area contributed by atoms with Crippen LogP contribution in [0.15, 0.2) is 77.3 Å². The van der Waals surface area contributed by atoms with Crippen molar-refractivity contribution in [3.63, 3.8) is 0 Å². The van der Waals surface area contributed by atoms with Gasteiger partial charge < -0.3 is 13.3 Å². The third-order valence-corrected chi connectivity index (χ3v) is 5.21. The summed E-state index contributed by atoms with van der Waals surface area (Å²) >= 11 is 3.22. The minimum absolute atomic E-state index is 0.0198. The molecule has 0 aliphatic carbocycles.